The Balaban J connectivity index is 1.41. The Kier molecular flexibility index (Phi) is 15.7. The van der Waals surface area contributed by atoms with Crippen molar-refractivity contribution in [3.8, 4) is 28.7 Å². The molecular formula is C49H22F26O5. The van der Waals surface area contributed by atoms with Crippen LogP contribution in [-0.2, 0) is 42.5 Å². The van der Waals surface area contributed by atoms with Gasteiger partial charge in [-0.15, -0.1) is 0 Å². The second-order valence-electron chi connectivity index (χ2n) is 16.5. The SMILES string of the molecule is COc1ccc(C(c2ccc(Oc3c(C(F)(F)F)c(F)c(C(=O)c4ccc(Oc5ccc(C(=O)c6c(C(F)(F)F)c(F)c(C)c(C(F)(F)F)c6C(F)(F)F)cc5)cc4)c(C(F)(F)F)c3C(F)(F)F)cc2)(C(F)(F)F)C(F)(F)F)cc1. The number of methoxy groups -OCH3 is 1. The molecule has 0 aromatic heterocycles. The summed E-state index contributed by atoms with van der Waals surface area (Å²) >= 11 is 0. The highest BCUT2D eigenvalue weighted by atomic mass is 19.4. The largest absolute Gasteiger partial charge is 0.497 e. The number of hydrogen-bond acceptors (Lipinski definition) is 5. The third-order valence-corrected chi connectivity index (χ3v) is 11.6. The molecule has 0 spiro atoms. The van der Waals surface area contributed by atoms with Gasteiger partial charge in [-0.1, -0.05) is 24.3 Å². The van der Waals surface area contributed by atoms with Crippen molar-refractivity contribution in [3.05, 3.63) is 181 Å². The smallest absolute Gasteiger partial charge is 0.422 e. The second-order valence-corrected chi connectivity index (χ2v) is 16.5. The molecule has 430 valence electrons. The average Bonchev–Trinajstić information content (AvgIpc) is 3.48. The molecule has 6 aromatic rings. The zero-order valence-electron chi connectivity index (χ0n) is 38.6. The minimum atomic E-state index is -6.76. The first kappa shape index (κ1) is 61.5. The van der Waals surface area contributed by atoms with Gasteiger partial charge in [0.2, 0.25) is 5.41 Å². The van der Waals surface area contributed by atoms with E-state index in [0.717, 1.165) is 7.11 Å². The molecule has 0 saturated carbocycles. The number of hydrogen-bond donors (Lipinski definition) is 0. The highest BCUT2D eigenvalue weighted by molar-refractivity contribution is 6.12. The van der Waals surface area contributed by atoms with E-state index in [0.29, 0.717) is 60.7 Å². The van der Waals surface area contributed by atoms with Crippen LogP contribution >= 0.6 is 0 Å². The third kappa shape index (κ3) is 11.4. The summed E-state index contributed by atoms with van der Waals surface area (Å²) in [6.07, 6.45) is -51.6. The van der Waals surface area contributed by atoms with Crippen molar-refractivity contribution in [2.45, 2.75) is 61.7 Å². The van der Waals surface area contributed by atoms with Crippen LogP contribution in [0.5, 0.6) is 28.7 Å². The quantitative estimate of drug-likeness (QED) is 0.0955. The molecule has 0 amide bonds. The predicted molar refractivity (Wildman–Crippen MR) is 220 cm³/mol. The molecule has 0 bridgehead atoms. The Hall–Kier alpha value is -7.76. The first-order valence-electron chi connectivity index (χ1n) is 21.0. The van der Waals surface area contributed by atoms with Crippen molar-refractivity contribution in [2.24, 2.45) is 0 Å². The zero-order chi connectivity index (χ0) is 60.6. The minimum absolute atomic E-state index is 0.0602. The number of rotatable bonds is 11. The standard InChI is InChI=1S/C49H22F26O5/c1-19-30(42(52,53)54)31(43(55,56)57)28(33(36(19)50)45(61,62)63)38(76)20-3-11-25(12-4-20)79-26-13-5-21(6-14-26)39(77)29-32(44(58,59)60)34(46(64,65)66)40(35(37(29)51)47(67,68)69)80-27-17-9-23(10-18-27)41(48(70,71)72,49(73,74)75)22-7-15-24(78-2)16-8-22/h3-18H,1-2H3. The lowest BCUT2D eigenvalue weighted by Gasteiger charge is -2.38. The topological polar surface area (TPSA) is 61.8 Å². The molecule has 0 heterocycles. The highest BCUT2D eigenvalue weighted by Crippen LogP contribution is 2.58. The summed E-state index contributed by atoms with van der Waals surface area (Å²) in [6, 6.07) is 4.50. The van der Waals surface area contributed by atoms with E-state index in [1.54, 1.807) is 0 Å². The van der Waals surface area contributed by atoms with Crippen LogP contribution in [0.25, 0.3) is 0 Å². The fourth-order valence-corrected chi connectivity index (χ4v) is 8.28. The summed E-state index contributed by atoms with van der Waals surface area (Å²) in [6.45, 7) is -0.0602. The lowest BCUT2D eigenvalue weighted by Crippen LogP contribution is -2.54. The van der Waals surface area contributed by atoms with Crippen molar-refractivity contribution in [1.82, 2.24) is 0 Å². The van der Waals surface area contributed by atoms with Crippen LogP contribution in [0, 0.1) is 18.6 Å². The fraction of sp³-hybridized carbons (Fsp3) is 0.224. The molecule has 0 fully saturated rings. The van der Waals surface area contributed by atoms with E-state index in [2.05, 4.69) is 4.74 Å². The number of ketones is 2. The molecule has 0 N–H and O–H groups in total. The van der Waals surface area contributed by atoms with E-state index in [1.165, 1.54) is 0 Å². The average molecular weight is 1180 g/mol. The summed E-state index contributed by atoms with van der Waals surface area (Å²) in [5, 5.41) is 0. The number of halogens is 26. The summed E-state index contributed by atoms with van der Waals surface area (Å²) in [5.74, 6) is -17.8. The maximum Gasteiger partial charge on any atom is 0.422 e. The van der Waals surface area contributed by atoms with Crippen LogP contribution in [0.4, 0.5) is 114 Å². The first-order valence-corrected chi connectivity index (χ1v) is 21.0. The van der Waals surface area contributed by atoms with E-state index < -0.39 is 173 Å². The van der Waals surface area contributed by atoms with E-state index in [1.807, 2.05) is 0 Å². The lowest BCUT2D eigenvalue weighted by molar-refractivity contribution is -0.288. The summed E-state index contributed by atoms with van der Waals surface area (Å²) in [4.78, 5) is 26.8. The molecule has 6 aromatic carbocycles. The van der Waals surface area contributed by atoms with Gasteiger partial charge in [-0.3, -0.25) is 9.59 Å². The van der Waals surface area contributed by atoms with Gasteiger partial charge in [0.25, 0.3) is 0 Å². The molecule has 80 heavy (non-hydrogen) atoms. The Morgan fingerprint density at radius 2 is 0.662 bits per heavy atom. The van der Waals surface area contributed by atoms with Gasteiger partial charge in [-0.25, -0.2) is 8.78 Å². The number of ether oxygens (including phenoxy) is 3. The molecule has 0 saturated heterocycles. The summed E-state index contributed by atoms with van der Waals surface area (Å²) in [7, 11) is 0.979. The van der Waals surface area contributed by atoms with Crippen molar-refractivity contribution in [2.75, 3.05) is 7.11 Å². The van der Waals surface area contributed by atoms with Gasteiger partial charge in [0.15, 0.2) is 23.1 Å². The Bertz CT molecular complexity index is 3310. The molecule has 0 aliphatic heterocycles. The van der Waals surface area contributed by atoms with Crippen LogP contribution in [-0.4, -0.2) is 31.0 Å². The van der Waals surface area contributed by atoms with Gasteiger partial charge >= 0.3 is 49.4 Å². The molecular weight excluding hydrogens is 1160 g/mol. The van der Waals surface area contributed by atoms with Crippen LogP contribution in [0.3, 0.4) is 0 Å². The Labute approximate surface area is 427 Å². The highest BCUT2D eigenvalue weighted by Gasteiger charge is 2.72. The minimum Gasteiger partial charge on any atom is -0.497 e. The number of carbonyl (C=O) groups is 2. The van der Waals surface area contributed by atoms with Gasteiger partial charge in [0.1, 0.15) is 45.5 Å². The Morgan fingerprint density at radius 3 is 1.00 bits per heavy atom. The van der Waals surface area contributed by atoms with Crippen LogP contribution in [0.2, 0.25) is 0 Å². The van der Waals surface area contributed by atoms with E-state index in [4.69, 9.17) is 9.47 Å². The summed E-state index contributed by atoms with van der Waals surface area (Å²) in [5.41, 5.74) is -38.8. The van der Waals surface area contributed by atoms with Crippen LogP contribution in [0.15, 0.2) is 97.1 Å². The summed E-state index contributed by atoms with van der Waals surface area (Å²) < 4.78 is 392. The maximum atomic E-state index is 16.2. The fourth-order valence-electron chi connectivity index (χ4n) is 8.28. The molecule has 0 aliphatic rings. The van der Waals surface area contributed by atoms with E-state index >= 15 is 4.39 Å². The second kappa shape index (κ2) is 20.4. The van der Waals surface area contributed by atoms with Crippen molar-refractivity contribution in [1.29, 1.82) is 0 Å². The molecule has 0 atom stereocenters. The molecule has 6 rings (SSSR count). The predicted octanol–water partition coefficient (Wildman–Crippen LogP) is 17.9. The third-order valence-electron chi connectivity index (χ3n) is 11.6. The van der Waals surface area contributed by atoms with Gasteiger partial charge in [0, 0.05) is 11.1 Å². The lowest BCUT2D eigenvalue weighted by atomic mass is 9.73. The van der Waals surface area contributed by atoms with Gasteiger partial charge in [0.05, 0.1) is 34.9 Å². The molecule has 5 nitrogen and oxygen atoms in total. The van der Waals surface area contributed by atoms with Crippen molar-refractivity contribution >= 4 is 11.6 Å². The normalized spacial score (nSPS) is 13.3. The first-order chi connectivity index (χ1) is 36.3. The van der Waals surface area contributed by atoms with Crippen LogP contribution < -0.4 is 14.2 Å². The van der Waals surface area contributed by atoms with Crippen molar-refractivity contribution < 1.29 is 138 Å². The van der Waals surface area contributed by atoms with Crippen LogP contribution in [0.1, 0.15) is 81.9 Å². The zero-order valence-corrected chi connectivity index (χ0v) is 38.6. The number of benzene rings is 6. The molecule has 0 unspecified atom stereocenters. The Morgan fingerprint density at radius 1 is 0.350 bits per heavy atom. The van der Waals surface area contributed by atoms with Gasteiger partial charge < -0.3 is 14.2 Å². The molecule has 0 radical (unpaired) electrons. The maximum absolute atomic E-state index is 16.2. The van der Waals surface area contributed by atoms with E-state index in [-0.39, 0.29) is 49.1 Å². The van der Waals surface area contributed by atoms with Gasteiger partial charge in [-0.2, -0.15) is 105 Å². The number of alkyl halides is 24. The molecule has 31 heteroatoms. The number of carbonyl (C=O) groups excluding carboxylic acids is 2. The van der Waals surface area contributed by atoms with Gasteiger partial charge in [-0.05, 0) is 96.4 Å². The monoisotopic (exact) mass is 1180 g/mol. The van der Waals surface area contributed by atoms with Crippen molar-refractivity contribution in [3.63, 3.8) is 0 Å². The van der Waals surface area contributed by atoms with E-state index in [9.17, 15) is 119 Å². The molecule has 0 aliphatic carbocycles.